The normalized spacial score (nSPS) is 27.6. The average Bonchev–Trinajstić information content (AvgIpc) is 3.37. The minimum Gasteiger partial charge on any atom is -0.481 e. The Balaban J connectivity index is 0.000000936. The number of nitrogens with zero attached hydrogens (tertiary/aromatic N) is 1. The van der Waals surface area contributed by atoms with Crippen LogP contribution in [0, 0.1) is 5.92 Å². The molecule has 46 heavy (non-hydrogen) atoms. The van der Waals surface area contributed by atoms with Crippen molar-refractivity contribution >= 4 is 47.6 Å². The van der Waals surface area contributed by atoms with Crippen LogP contribution in [0.15, 0.2) is 0 Å². The third kappa shape index (κ3) is 17.4. The molecule has 0 aromatic rings. The Kier molecular flexibility index (Phi) is 26.3. The van der Waals surface area contributed by atoms with Crippen molar-refractivity contribution in [1.29, 1.82) is 0 Å². The molecule has 2 aliphatic heterocycles. The van der Waals surface area contributed by atoms with Crippen molar-refractivity contribution in [2.24, 2.45) is 5.92 Å². The Morgan fingerprint density at radius 2 is 1.41 bits per heavy atom. The number of likely N-dealkylation sites (N-methyl/N-ethyl adjacent to an activating group) is 1. The molecule has 0 bridgehead atoms. The zero-order valence-corrected chi connectivity index (χ0v) is 31.5. The lowest BCUT2D eigenvalue weighted by molar-refractivity contribution is -0.205. The van der Waals surface area contributed by atoms with Crippen LogP contribution in [-0.4, -0.2) is 104 Å². The minimum atomic E-state index is -1.36. The second-order valence-corrected chi connectivity index (χ2v) is 14.7. The minimum absolute atomic E-state index is 0. The number of rotatable bonds is 21. The highest BCUT2D eigenvalue weighted by Crippen LogP contribution is 2.31. The van der Waals surface area contributed by atoms with Crippen molar-refractivity contribution in [3.8, 4) is 0 Å². The number of nitrogens with one attached hydrogen (secondary N) is 1. The molecule has 0 saturated carbocycles. The molecule has 2 unspecified atom stereocenters. The standard InChI is InChI=1S/C18H33ClN2O5S.C16H32O2.ClH/c1-5-6-10-7-11(21(3)8-10)17(25)20-12(9(2)19)16-14(23)13(22)15(24)18(26-16)27-4;1-2-3-4-5-6-7-8-9-10-11-12-13-14-15-16(17)18;/h9-16,18,22-24H,5-8H2,1-4H3,(H,20,25);2-15H2,1H3,(H,17,18);1H/t9?,10-,11+,12?,13+,14-,15-,16-,18-;;/m1../s1. The van der Waals surface area contributed by atoms with Crippen LogP contribution < -0.4 is 5.32 Å². The number of ether oxygens (including phenoxy) is 1. The number of carboxylic acids is 1. The van der Waals surface area contributed by atoms with Gasteiger partial charge in [0.05, 0.1) is 17.5 Å². The lowest BCUT2D eigenvalue weighted by atomic mass is 9.92. The fraction of sp³-hybridized carbons (Fsp3) is 0.941. The molecule has 12 heteroatoms. The first kappa shape index (κ1) is 45.7. The summed E-state index contributed by atoms with van der Waals surface area (Å²) in [4.78, 5) is 25.3. The molecule has 2 saturated heterocycles. The number of likely N-dealkylation sites (tertiary alicyclic amines) is 1. The molecule has 0 aliphatic carbocycles. The summed E-state index contributed by atoms with van der Waals surface area (Å²) in [6.45, 7) is 7.00. The molecule has 0 radical (unpaired) electrons. The van der Waals surface area contributed by atoms with E-state index >= 15 is 0 Å². The van der Waals surface area contributed by atoms with Gasteiger partial charge in [-0.15, -0.1) is 35.8 Å². The number of aliphatic carboxylic acids is 1. The van der Waals surface area contributed by atoms with Gasteiger partial charge in [-0.3, -0.25) is 14.5 Å². The van der Waals surface area contributed by atoms with Crippen molar-refractivity contribution < 1.29 is 34.8 Å². The summed E-state index contributed by atoms with van der Waals surface area (Å²) in [6.07, 6.45) is 17.2. The monoisotopic (exact) mass is 716 g/mol. The topological polar surface area (TPSA) is 140 Å². The maximum Gasteiger partial charge on any atom is 0.303 e. The van der Waals surface area contributed by atoms with Crippen molar-refractivity contribution in [3.05, 3.63) is 0 Å². The fourth-order valence-corrected chi connectivity index (χ4v) is 7.29. The van der Waals surface area contributed by atoms with E-state index in [9.17, 15) is 24.9 Å². The number of amides is 1. The van der Waals surface area contributed by atoms with Crippen LogP contribution in [0.4, 0.5) is 0 Å². The van der Waals surface area contributed by atoms with Gasteiger partial charge in [-0.25, -0.2) is 0 Å². The van der Waals surface area contributed by atoms with Crippen molar-refractivity contribution in [2.45, 2.75) is 177 Å². The second kappa shape index (κ2) is 26.5. The number of carboxylic acid groups (broad SMARTS) is 1. The number of halogens is 2. The average molecular weight is 718 g/mol. The van der Waals surface area contributed by atoms with E-state index in [-0.39, 0.29) is 24.4 Å². The third-order valence-electron chi connectivity index (χ3n) is 9.13. The van der Waals surface area contributed by atoms with E-state index in [1.165, 1.54) is 82.4 Å². The zero-order chi connectivity index (χ0) is 33.8. The SMILES string of the molecule is CCCCCCCCCCCCCCCC(=O)O.CCC[C@@H]1C[C@@H](C(=O)NC(C(C)Cl)[C@H]2O[C@H](SC)[C@H](O)[C@@H](O)[C@H]2O)N(C)C1.Cl. The number of aliphatic hydroxyl groups excluding tert-OH is 3. The van der Waals surface area contributed by atoms with Crippen molar-refractivity contribution in [1.82, 2.24) is 10.2 Å². The first-order chi connectivity index (χ1) is 21.5. The van der Waals surface area contributed by atoms with Crippen LogP contribution in [0.25, 0.3) is 0 Å². The third-order valence-corrected chi connectivity index (χ3v) is 10.3. The number of hydrogen-bond donors (Lipinski definition) is 5. The number of aliphatic hydroxyl groups is 3. The number of unbranched alkanes of at least 4 members (excludes halogenated alkanes) is 12. The molecule has 2 rings (SSSR count). The molecule has 2 fully saturated rings. The van der Waals surface area contributed by atoms with Gasteiger partial charge in [0.1, 0.15) is 29.9 Å². The van der Waals surface area contributed by atoms with Crippen LogP contribution in [-0.2, 0) is 14.3 Å². The summed E-state index contributed by atoms with van der Waals surface area (Å²) in [5.41, 5.74) is -0.702. The largest absolute Gasteiger partial charge is 0.481 e. The molecule has 1 amide bonds. The Bertz CT molecular complexity index is 799. The highest BCUT2D eigenvalue weighted by atomic mass is 35.5. The number of hydrogen-bond acceptors (Lipinski definition) is 8. The molecule has 9 atom stereocenters. The highest BCUT2D eigenvalue weighted by molar-refractivity contribution is 7.99. The van der Waals surface area contributed by atoms with E-state index in [0.29, 0.717) is 12.3 Å². The predicted molar refractivity (Wildman–Crippen MR) is 192 cm³/mol. The van der Waals surface area contributed by atoms with Gasteiger partial charge in [0.25, 0.3) is 0 Å². The molecule has 2 aliphatic rings. The summed E-state index contributed by atoms with van der Waals surface area (Å²) in [6, 6.07) is -0.934. The van der Waals surface area contributed by atoms with Crippen LogP contribution in [0.2, 0.25) is 0 Å². The van der Waals surface area contributed by atoms with Crippen LogP contribution >= 0.6 is 35.8 Å². The summed E-state index contributed by atoms with van der Waals surface area (Å²) in [5, 5.41) is 41.5. The first-order valence-electron chi connectivity index (χ1n) is 17.6. The van der Waals surface area contributed by atoms with Gasteiger partial charge >= 0.3 is 5.97 Å². The predicted octanol–water partition coefficient (Wildman–Crippen LogP) is 6.36. The Labute approximate surface area is 294 Å². The van der Waals surface area contributed by atoms with Crippen molar-refractivity contribution in [2.75, 3.05) is 19.8 Å². The van der Waals surface area contributed by atoms with Gasteiger partial charge in [0.2, 0.25) is 5.91 Å². The van der Waals surface area contributed by atoms with Crippen molar-refractivity contribution in [3.63, 3.8) is 0 Å². The molecular formula is C34H66Cl2N2O7S. The van der Waals surface area contributed by atoms with Gasteiger partial charge in [0.15, 0.2) is 0 Å². The lowest BCUT2D eigenvalue weighted by Crippen LogP contribution is -2.65. The van der Waals surface area contributed by atoms with E-state index in [0.717, 1.165) is 38.6 Å². The molecule has 2 heterocycles. The summed E-state index contributed by atoms with van der Waals surface area (Å²) >= 11 is 7.55. The number of carbonyl (C=O) groups is 2. The van der Waals surface area contributed by atoms with E-state index in [1.807, 2.05) is 11.9 Å². The van der Waals surface area contributed by atoms with Crippen LogP contribution in [0.1, 0.15) is 130 Å². The summed E-state index contributed by atoms with van der Waals surface area (Å²) in [7, 11) is 1.94. The van der Waals surface area contributed by atoms with Gasteiger partial charge in [0, 0.05) is 13.0 Å². The lowest BCUT2D eigenvalue weighted by Gasteiger charge is -2.44. The first-order valence-corrected chi connectivity index (χ1v) is 19.3. The summed E-state index contributed by atoms with van der Waals surface area (Å²) in [5.74, 6) is -0.305. The second-order valence-electron chi connectivity index (χ2n) is 13.1. The number of alkyl halides is 1. The maximum atomic E-state index is 12.9. The Hall–Kier alpha value is -0.330. The Morgan fingerprint density at radius 3 is 1.87 bits per heavy atom. The summed E-state index contributed by atoms with van der Waals surface area (Å²) < 4.78 is 5.79. The molecule has 0 spiro atoms. The number of thioether (sulfide) groups is 1. The van der Waals surface area contributed by atoms with Crippen LogP contribution in [0.3, 0.4) is 0 Å². The molecule has 0 aromatic carbocycles. The van der Waals surface area contributed by atoms with E-state index in [1.54, 1.807) is 13.2 Å². The van der Waals surface area contributed by atoms with E-state index < -0.39 is 47.2 Å². The van der Waals surface area contributed by atoms with Gasteiger partial charge in [-0.1, -0.05) is 97.3 Å². The van der Waals surface area contributed by atoms with Crippen LogP contribution in [0.5, 0.6) is 0 Å². The molecule has 5 N–H and O–H groups in total. The van der Waals surface area contributed by atoms with Gasteiger partial charge in [-0.2, -0.15) is 0 Å². The van der Waals surface area contributed by atoms with Gasteiger partial charge in [-0.05, 0) is 45.4 Å². The highest BCUT2D eigenvalue weighted by Gasteiger charge is 2.48. The van der Waals surface area contributed by atoms with E-state index in [2.05, 4.69) is 19.2 Å². The van der Waals surface area contributed by atoms with Gasteiger partial charge < -0.3 is 30.5 Å². The maximum absolute atomic E-state index is 12.9. The quantitative estimate of drug-likeness (QED) is 0.0678. The molecule has 0 aromatic heterocycles. The van der Waals surface area contributed by atoms with E-state index in [4.69, 9.17) is 21.4 Å². The fourth-order valence-electron chi connectivity index (χ4n) is 6.41. The number of carbonyl (C=O) groups excluding carboxylic acids is 1. The molecular weight excluding hydrogens is 651 g/mol. The molecule has 9 nitrogen and oxygen atoms in total. The smallest absolute Gasteiger partial charge is 0.303 e. The zero-order valence-electron chi connectivity index (χ0n) is 29.1. The molecule has 274 valence electrons. The Morgan fingerprint density at radius 1 is 0.891 bits per heavy atom.